The van der Waals surface area contributed by atoms with Crippen LogP contribution in [0.4, 0.5) is 17.6 Å². The highest BCUT2D eigenvalue weighted by Gasteiger charge is 2.63. The molecule has 5 aliphatic rings. The molecule has 0 aromatic carbocycles. The van der Waals surface area contributed by atoms with E-state index in [1.165, 1.54) is 0 Å². The van der Waals surface area contributed by atoms with Gasteiger partial charge in [-0.2, -0.15) is 13.2 Å². The minimum absolute atomic E-state index is 0.00857. The molecule has 0 amide bonds. The molecule has 0 radical (unpaired) electrons. The number of halogens is 4. The van der Waals surface area contributed by atoms with Crippen LogP contribution in [0.5, 0.6) is 0 Å². The minimum Gasteiger partial charge on any atom is -0.384 e. The van der Waals surface area contributed by atoms with E-state index in [-0.39, 0.29) is 59.0 Å². The van der Waals surface area contributed by atoms with Crippen LogP contribution in [0, 0.1) is 40.4 Å². The summed E-state index contributed by atoms with van der Waals surface area (Å²) >= 11 is 0. The van der Waals surface area contributed by atoms with Crippen LogP contribution in [0.1, 0.15) is 98.8 Å². The maximum Gasteiger partial charge on any atom is 0.414 e. The highest BCUT2D eigenvalue weighted by Crippen LogP contribution is 2.69. The Morgan fingerprint density at radius 3 is 2.31 bits per heavy atom. The Kier molecular flexibility index (Phi) is 6.69. The van der Waals surface area contributed by atoms with Gasteiger partial charge >= 0.3 is 6.18 Å². The molecular weight excluding hydrogens is 472 g/mol. The number of alkyl halides is 3. The number of ether oxygens (including phenoxy) is 2. The average Bonchev–Trinajstić information content (AvgIpc) is 3.29. The molecule has 0 spiro atoms. The summed E-state index contributed by atoms with van der Waals surface area (Å²) in [4.78, 5) is 0. The summed E-state index contributed by atoms with van der Waals surface area (Å²) in [6, 6.07) is 0. The molecule has 4 fully saturated rings. The summed E-state index contributed by atoms with van der Waals surface area (Å²) in [7, 11) is 0. The standard InChI is InChI=1S/C29H44F4O3/c1-16(7-6-8-23(34)29(31,32)33)17-9-10-18-24-19(11-13-27(17,18)4)28(5)14-12-22-25(20(28)15-21(24)30)36-26(2,3)35-22/h16-20,22-23,25,34H,6-15H2,1-5H3/t16?,17-,18+,19+,20+,22+,23?,25-,27-,28-/m1/s1. The SMILES string of the molecule is CC(CCCC(O)C(F)(F)F)[C@H]1CC[C@H]2C3=C(F)C[C@H]4[C@H]5OC(C)(C)O[C@H]5CC[C@]4(C)[C@H]3CC[C@]12C. The van der Waals surface area contributed by atoms with Gasteiger partial charge in [-0.05, 0) is 105 Å². The fourth-order valence-electron chi connectivity index (χ4n) is 9.52. The smallest absolute Gasteiger partial charge is 0.384 e. The molecule has 0 aromatic heterocycles. The topological polar surface area (TPSA) is 38.7 Å². The first kappa shape index (κ1) is 26.9. The number of hydrogen-bond acceptors (Lipinski definition) is 3. The Labute approximate surface area is 213 Å². The quantitative estimate of drug-likeness (QED) is 0.380. The van der Waals surface area contributed by atoms with Gasteiger partial charge in [0.2, 0.25) is 0 Å². The molecule has 1 heterocycles. The Balaban J connectivity index is 1.33. The Hall–Kier alpha value is -0.660. The molecule has 0 bridgehead atoms. The van der Waals surface area contributed by atoms with E-state index in [0.717, 1.165) is 44.1 Å². The van der Waals surface area contributed by atoms with Crippen molar-refractivity contribution in [1.29, 1.82) is 0 Å². The molecule has 4 aliphatic carbocycles. The Morgan fingerprint density at radius 1 is 0.944 bits per heavy atom. The second kappa shape index (κ2) is 8.94. The van der Waals surface area contributed by atoms with Gasteiger partial charge in [0.15, 0.2) is 5.79 Å². The van der Waals surface area contributed by atoms with E-state index < -0.39 is 18.1 Å². The van der Waals surface area contributed by atoms with E-state index in [1.54, 1.807) is 0 Å². The highest BCUT2D eigenvalue weighted by atomic mass is 19.4. The van der Waals surface area contributed by atoms with Gasteiger partial charge in [-0.3, -0.25) is 0 Å². The van der Waals surface area contributed by atoms with Gasteiger partial charge in [-0.1, -0.05) is 33.6 Å². The van der Waals surface area contributed by atoms with E-state index >= 15 is 4.39 Å². The third-order valence-corrected chi connectivity index (χ3v) is 11.3. The lowest BCUT2D eigenvalue weighted by molar-refractivity contribution is -0.205. The van der Waals surface area contributed by atoms with Crippen LogP contribution in [0.2, 0.25) is 0 Å². The summed E-state index contributed by atoms with van der Waals surface area (Å²) in [5.41, 5.74) is 1.07. The summed E-state index contributed by atoms with van der Waals surface area (Å²) in [5.74, 6) is 0.684. The first-order chi connectivity index (χ1) is 16.7. The molecule has 5 rings (SSSR count). The Bertz CT molecular complexity index is 884. The van der Waals surface area contributed by atoms with E-state index in [9.17, 15) is 18.3 Å². The van der Waals surface area contributed by atoms with E-state index in [1.807, 2.05) is 13.8 Å². The lowest BCUT2D eigenvalue weighted by Crippen LogP contribution is -2.55. The molecule has 3 saturated carbocycles. The fraction of sp³-hybridized carbons (Fsp3) is 0.931. The van der Waals surface area contributed by atoms with Crippen molar-refractivity contribution < 1.29 is 32.1 Å². The number of hydrogen-bond donors (Lipinski definition) is 1. The van der Waals surface area contributed by atoms with Gasteiger partial charge in [0.05, 0.1) is 12.2 Å². The van der Waals surface area contributed by atoms with Gasteiger partial charge in [0, 0.05) is 6.42 Å². The molecule has 36 heavy (non-hydrogen) atoms. The van der Waals surface area contributed by atoms with Crippen molar-refractivity contribution in [2.75, 3.05) is 0 Å². The zero-order valence-electron chi connectivity index (χ0n) is 22.5. The third kappa shape index (κ3) is 4.27. The van der Waals surface area contributed by atoms with Gasteiger partial charge in [0.25, 0.3) is 0 Å². The number of fused-ring (bicyclic) bond motifs is 7. The monoisotopic (exact) mass is 516 g/mol. The van der Waals surface area contributed by atoms with Crippen molar-refractivity contribution >= 4 is 0 Å². The lowest BCUT2D eigenvalue weighted by atomic mass is 9.47. The van der Waals surface area contributed by atoms with Crippen molar-refractivity contribution in [3.63, 3.8) is 0 Å². The van der Waals surface area contributed by atoms with Crippen LogP contribution >= 0.6 is 0 Å². The molecule has 1 N–H and O–H groups in total. The zero-order chi connectivity index (χ0) is 26.3. The van der Waals surface area contributed by atoms with Crippen LogP contribution in [-0.4, -0.2) is 35.4 Å². The largest absolute Gasteiger partial charge is 0.414 e. The van der Waals surface area contributed by atoms with Gasteiger partial charge in [-0.15, -0.1) is 0 Å². The van der Waals surface area contributed by atoms with Crippen LogP contribution in [0.25, 0.3) is 0 Å². The van der Waals surface area contributed by atoms with Gasteiger partial charge < -0.3 is 14.6 Å². The molecule has 2 unspecified atom stereocenters. The molecule has 0 aromatic rings. The molecule has 206 valence electrons. The predicted molar refractivity (Wildman–Crippen MR) is 130 cm³/mol. The maximum atomic E-state index is 16.1. The van der Waals surface area contributed by atoms with Crippen LogP contribution in [0.15, 0.2) is 11.4 Å². The van der Waals surface area contributed by atoms with Gasteiger partial charge in [-0.25, -0.2) is 4.39 Å². The number of rotatable bonds is 5. The van der Waals surface area contributed by atoms with Crippen LogP contribution in [-0.2, 0) is 9.47 Å². The van der Waals surface area contributed by atoms with Gasteiger partial charge in [0.1, 0.15) is 11.9 Å². The first-order valence-electron chi connectivity index (χ1n) is 14.2. The number of aliphatic hydroxyl groups excluding tert-OH is 1. The van der Waals surface area contributed by atoms with Crippen LogP contribution in [0.3, 0.4) is 0 Å². The first-order valence-corrected chi connectivity index (χ1v) is 14.2. The summed E-state index contributed by atoms with van der Waals surface area (Å²) < 4.78 is 66.7. The van der Waals surface area contributed by atoms with Crippen molar-refractivity contribution in [3.05, 3.63) is 11.4 Å². The van der Waals surface area contributed by atoms with Crippen molar-refractivity contribution in [1.82, 2.24) is 0 Å². The second-order valence-electron chi connectivity index (χ2n) is 13.7. The van der Waals surface area contributed by atoms with Crippen LogP contribution < -0.4 is 0 Å². The van der Waals surface area contributed by atoms with Crippen molar-refractivity contribution in [2.45, 2.75) is 129 Å². The summed E-state index contributed by atoms with van der Waals surface area (Å²) in [5, 5.41) is 9.38. The molecule has 1 saturated heterocycles. The highest BCUT2D eigenvalue weighted by molar-refractivity contribution is 5.31. The number of allylic oxidation sites excluding steroid dienone is 2. The minimum atomic E-state index is -4.55. The lowest BCUT2D eigenvalue weighted by Gasteiger charge is -2.58. The van der Waals surface area contributed by atoms with Crippen molar-refractivity contribution in [3.8, 4) is 0 Å². The third-order valence-electron chi connectivity index (χ3n) is 11.3. The molecule has 3 nitrogen and oxygen atoms in total. The number of aliphatic hydroxyl groups is 1. The molecular formula is C29H44F4O3. The molecule has 1 aliphatic heterocycles. The second-order valence-corrected chi connectivity index (χ2v) is 13.7. The predicted octanol–water partition coefficient (Wildman–Crippen LogP) is 7.72. The average molecular weight is 517 g/mol. The Morgan fingerprint density at radius 2 is 1.61 bits per heavy atom. The summed E-state index contributed by atoms with van der Waals surface area (Å²) in [6.07, 6.45) is 0.406. The van der Waals surface area contributed by atoms with E-state index in [0.29, 0.717) is 25.2 Å². The van der Waals surface area contributed by atoms with E-state index in [2.05, 4.69) is 20.8 Å². The molecule has 7 heteroatoms. The molecule has 10 atom stereocenters. The zero-order valence-corrected chi connectivity index (χ0v) is 22.5. The normalized spacial score (nSPS) is 45.5. The maximum absolute atomic E-state index is 16.1. The fourth-order valence-corrected chi connectivity index (χ4v) is 9.52. The summed E-state index contributed by atoms with van der Waals surface area (Å²) in [6.45, 7) is 10.7. The van der Waals surface area contributed by atoms with E-state index in [4.69, 9.17) is 9.47 Å². The van der Waals surface area contributed by atoms with Crippen molar-refractivity contribution in [2.24, 2.45) is 40.4 Å².